The number of hydrogen-bond acceptors (Lipinski definition) is 6. The van der Waals surface area contributed by atoms with Crippen molar-refractivity contribution < 1.29 is 28.8 Å². The maximum Gasteiger partial charge on any atom is 0.455 e. The number of fused-ring (bicyclic) bond motifs is 4. The summed E-state index contributed by atoms with van der Waals surface area (Å²) in [6.07, 6.45) is 5.94. The monoisotopic (exact) mass is 516 g/mol. The van der Waals surface area contributed by atoms with Gasteiger partial charge in [-0.2, -0.15) is 0 Å². The molecule has 1 aromatic heterocycles. The quantitative estimate of drug-likeness (QED) is 0.335. The van der Waals surface area contributed by atoms with Gasteiger partial charge in [-0.25, -0.2) is 0 Å². The summed E-state index contributed by atoms with van der Waals surface area (Å²) in [5, 5.41) is 20.2. The van der Waals surface area contributed by atoms with Gasteiger partial charge >= 0.3 is 7.12 Å². The molecule has 0 saturated carbocycles. The largest absolute Gasteiger partial charge is 0.459 e. The molecule has 200 valence electrons. The Morgan fingerprint density at radius 3 is 2.47 bits per heavy atom. The average Bonchev–Trinajstić information content (AvgIpc) is 3.36. The number of carbonyl (C=O) groups is 2. The fourth-order valence-electron chi connectivity index (χ4n) is 6.82. The smallest absolute Gasteiger partial charge is 0.455 e. The highest BCUT2D eigenvalue weighted by molar-refractivity contribution is 6.43. The molecule has 38 heavy (non-hydrogen) atoms. The van der Waals surface area contributed by atoms with Crippen LogP contribution >= 0.6 is 0 Å². The lowest BCUT2D eigenvalue weighted by molar-refractivity contribution is 0.0593. The lowest BCUT2D eigenvalue weighted by Gasteiger charge is -2.48. The van der Waals surface area contributed by atoms with Gasteiger partial charge in [-0.1, -0.05) is 62.6 Å². The number of Topliss-reactive ketones (excluding diaryl/α,β-unsaturated/α-hetero) is 2. The van der Waals surface area contributed by atoms with Crippen LogP contribution < -0.4 is 0 Å². The molecule has 2 heterocycles. The third kappa shape index (κ3) is 4.99. The van der Waals surface area contributed by atoms with Crippen LogP contribution in [0.3, 0.4) is 0 Å². The first-order valence-electron chi connectivity index (χ1n) is 13.9. The highest BCUT2D eigenvalue weighted by atomic mass is 16.5. The Kier molecular flexibility index (Phi) is 7.89. The third-order valence-electron chi connectivity index (χ3n) is 8.48. The molecule has 0 bridgehead atoms. The van der Waals surface area contributed by atoms with Gasteiger partial charge in [0, 0.05) is 23.0 Å². The summed E-state index contributed by atoms with van der Waals surface area (Å²) in [6, 6.07) is 10.8. The van der Waals surface area contributed by atoms with Crippen LogP contribution in [0.4, 0.5) is 0 Å². The first-order chi connectivity index (χ1) is 18.3. The fraction of sp³-hybridized carbons (Fsp3) is 0.484. The zero-order chi connectivity index (χ0) is 27.0. The van der Waals surface area contributed by atoms with Crippen molar-refractivity contribution in [2.45, 2.75) is 71.9 Å². The number of aliphatic hydroxyl groups excluding tert-OH is 1. The number of rotatable bonds is 8. The van der Waals surface area contributed by atoms with Crippen molar-refractivity contribution in [2.75, 3.05) is 0 Å². The summed E-state index contributed by atoms with van der Waals surface area (Å²) in [4.78, 5) is 27.4. The molecule has 1 aliphatic heterocycles. The normalized spacial score (nSPS) is 25.5. The van der Waals surface area contributed by atoms with Gasteiger partial charge in [0.15, 0.2) is 11.6 Å². The van der Waals surface area contributed by atoms with E-state index in [2.05, 4.69) is 20.8 Å². The van der Waals surface area contributed by atoms with E-state index in [1.807, 2.05) is 24.3 Å². The Morgan fingerprint density at radius 2 is 1.82 bits per heavy atom. The minimum Gasteiger partial charge on any atom is -0.459 e. The number of ketones is 2. The van der Waals surface area contributed by atoms with E-state index in [9.17, 15) is 19.7 Å². The second-order valence-electron chi connectivity index (χ2n) is 11.2. The lowest BCUT2D eigenvalue weighted by Crippen LogP contribution is -2.51. The van der Waals surface area contributed by atoms with Gasteiger partial charge in [0.1, 0.15) is 18.1 Å². The Bertz CT molecular complexity index is 1270. The Morgan fingerprint density at radius 1 is 1.08 bits per heavy atom. The molecule has 0 radical (unpaired) electrons. The SMILES string of the molecule is CCC/C(=C\c1ccc(CO)o1)CC[C@H]1OB(O)C[C@H]2C1=C(C(C)C)C[C@H]1C(=O)c3ccccc3C(=O)[C@H]12. The number of benzene rings is 1. The maximum atomic E-state index is 13.8. The lowest BCUT2D eigenvalue weighted by atomic mass is 9.53. The van der Waals surface area contributed by atoms with Gasteiger partial charge in [-0.3, -0.25) is 9.59 Å². The van der Waals surface area contributed by atoms with Crippen molar-refractivity contribution >= 4 is 24.8 Å². The molecule has 1 fully saturated rings. The molecule has 4 atom stereocenters. The van der Waals surface area contributed by atoms with E-state index in [0.717, 1.165) is 24.8 Å². The molecule has 2 aliphatic carbocycles. The molecule has 2 N–H and O–H groups in total. The van der Waals surface area contributed by atoms with Crippen molar-refractivity contribution in [3.05, 3.63) is 75.8 Å². The first-order valence-corrected chi connectivity index (χ1v) is 13.9. The summed E-state index contributed by atoms with van der Waals surface area (Å²) in [5.41, 5.74) is 4.59. The summed E-state index contributed by atoms with van der Waals surface area (Å²) in [5.74, 6) is 0.478. The molecule has 0 spiro atoms. The predicted molar refractivity (Wildman–Crippen MR) is 146 cm³/mol. The topological polar surface area (TPSA) is 97.0 Å². The molecule has 5 rings (SSSR count). The number of furan rings is 1. The molecule has 2 aromatic rings. The van der Waals surface area contributed by atoms with Crippen LogP contribution in [0.1, 0.15) is 85.1 Å². The standard InChI is InChI=1S/C31H37BO6/c1-4-7-19(14-20-11-12-21(17-33)37-20)10-13-27-28-24(18(2)3)15-25-29(26(28)16-32(36)38-27)31(35)23-9-6-5-8-22(23)30(25)34/h5-6,8-9,11-12,14,18,25-27,29,33,36H,4,7,10,13,15-17H2,1-3H3/b19-14+/t25-,26+,27-,29-/m1/s1. The van der Waals surface area contributed by atoms with Crippen LogP contribution in [-0.2, 0) is 11.3 Å². The second-order valence-corrected chi connectivity index (χ2v) is 11.2. The van der Waals surface area contributed by atoms with Crippen molar-refractivity contribution in [3.8, 4) is 0 Å². The fourth-order valence-corrected chi connectivity index (χ4v) is 6.82. The molecule has 6 nitrogen and oxygen atoms in total. The number of carbonyl (C=O) groups excluding carboxylic acids is 2. The van der Waals surface area contributed by atoms with Gasteiger partial charge in [0.2, 0.25) is 0 Å². The average molecular weight is 516 g/mol. The summed E-state index contributed by atoms with van der Waals surface area (Å²) >= 11 is 0. The Labute approximate surface area is 224 Å². The molecular formula is C31H37BO6. The van der Waals surface area contributed by atoms with Gasteiger partial charge in [0.05, 0.1) is 6.10 Å². The van der Waals surface area contributed by atoms with Crippen molar-refractivity contribution in [3.63, 3.8) is 0 Å². The minimum absolute atomic E-state index is 0.0208. The van der Waals surface area contributed by atoms with Crippen molar-refractivity contribution in [1.82, 2.24) is 0 Å². The van der Waals surface area contributed by atoms with Gasteiger partial charge in [-0.05, 0) is 67.6 Å². The van der Waals surface area contributed by atoms with Crippen LogP contribution in [-0.4, -0.2) is 34.9 Å². The molecule has 1 aromatic carbocycles. The van der Waals surface area contributed by atoms with Crippen LogP contribution in [0.25, 0.3) is 6.08 Å². The summed E-state index contributed by atoms with van der Waals surface area (Å²) < 4.78 is 11.9. The molecular weight excluding hydrogens is 479 g/mol. The number of hydrogen-bond donors (Lipinski definition) is 2. The van der Waals surface area contributed by atoms with Crippen LogP contribution in [0.15, 0.2) is 57.5 Å². The van der Waals surface area contributed by atoms with E-state index in [4.69, 9.17) is 9.07 Å². The summed E-state index contributed by atoms with van der Waals surface area (Å²) in [7, 11) is -0.975. The predicted octanol–water partition coefficient (Wildman–Crippen LogP) is 5.90. The van der Waals surface area contributed by atoms with E-state index in [1.165, 1.54) is 11.1 Å². The Balaban J connectivity index is 1.47. The molecule has 0 unspecified atom stereocenters. The highest BCUT2D eigenvalue weighted by Gasteiger charge is 2.53. The summed E-state index contributed by atoms with van der Waals surface area (Å²) in [6.45, 7) is 6.29. The molecule has 3 aliphatic rings. The van der Waals surface area contributed by atoms with E-state index >= 15 is 0 Å². The molecule has 1 saturated heterocycles. The van der Waals surface area contributed by atoms with Gasteiger partial charge in [-0.15, -0.1) is 0 Å². The van der Waals surface area contributed by atoms with E-state index < -0.39 is 13.0 Å². The van der Waals surface area contributed by atoms with Crippen LogP contribution in [0.5, 0.6) is 0 Å². The van der Waals surface area contributed by atoms with E-state index in [-0.39, 0.29) is 42.0 Å². The van der Waals surface area contributed by atoms with Crippen LogP contribution in [0.2, 0.25) is 6.32 Å². The minimum atomic E-state index is -0.975. The molecule has 7 heteroatoms. The van der Waals surface area contributed by atoms with Gasteiger partial charge in [0.25, 0.3) is 0 Å². The highest BCUT2D eigenvalue weighted by Crippen LogP contribution is 2.52. The van der Waals surface area contributed by atoms with E-state index in [1.54, 1.807) is 18.2 Å². The van der Waals surface area contributed by atoms with E-state index in [0.29, 0.717) is 41.8 Å². The van der Waals surface area contributed by atoms with Crippen LogP contribution in [0, 0.1) is 23.7 Å². The zero-order valence-electron chi connectivity index (χ0n) is 22.5. The zero-order valence-corrected chi connectivity index (χ0v) is 22.5. The molecule has 0 amide bonds. The number of aliphatic hydroxyl groups is 1. The maximum absolute atomic E-state index is 13.8. The third-order valence-corrected chi connectivity index (χ3v) is 8.48. The van der Waals surface area contributed by atoms with Crippen molar-refractivity contribution in [1.29, 1.82) is 0 Å². The van der Waals surface area contributed by atoms with Gasteiger partial charge < -0.3 is 19.2 Å². The second kappa shape index (κ2) is 11.2. The van der Waals surface area contributed by atoms with Crippen molar-refractivity contribution in [2.24, 2.45) is 23.7 Å². The number of allylic oxidation sites excluding steroid dienone is 2. The first kappa shape index (κ1) is 26.9. The Hall–Kier alpha value is -2.74.